The average Bonchev–Trinajstić information content (AvgIpc) is 3.42. The predicted molar refractivity (Wildman–Crippen MR) is 333 cm³/mol. The first-order valence-electron chi connectivity index (χ1n) is 35.0. The molecule has 0 spiro atoms. The van der Waals surface area contributed by atoms with E-state index in [9.17, 15) is 19.8 Å². The van der Waals surface area contributed by atoms with E-state index < -0.39 is 12.1 Å². The Morgan fingerprint density at radius 1 is 0.355 bits per heavy atom. The Kier molecular flexibility index (Phi) is 64.9. The summed E-state index contributed by atoms with van der Waals surface area (Å²) in [6.07, 6.45) is 81.4. The van der Waals surface area contributed by atoms with Crippen molar-refractivity contribution in [3.05, 3.63) is 12.2 Å². The maximum absolute atomic E-state index is 12.5. The Bertz CT molecular complexity index is 1140. The minimum atomic E-state index is -0.844. The number of unbranched alkanes of at least 4 members (excludes halogenated alkanes) is 55. The zero-order valence-corrected chi connectivity index (χ0v) is 51.8. The van der Waals surface area contributed by atoms with E-state index in [1.54, 1.807) is 6.08 Å². The number of rotatable bonds is 66. The molecule has 6 nitrogen and oxygen atoms in total. The largest absolute Gasteiger partial charge is 0.466 e. The van der Waals surface area contributed by atoms with Crippen molar-refractivity contribution in [3.8, 4) is 0 Å². The maximum atomic E-state index is 12.5. The van der Waals surface area contributed by atoms with Gasteiger partial charge >= 0.3 is 5.97 Å². The van der Waals surface area contributed by atoms with E-state index >= 15 is 0 Å². The third kappa shape index (κ3) is 61.8. The normalized spacial score (nSPS) is 12.5. The molecule has 3 N–H and O–H groups in total. The molecule has 0 fully saturated rings. The van der Waals surface area contributed by atoms with Crippen molar-refractivity contribution >= 4 is 11.9 Å². The van der Waals surface area contributed by atoms with Crippen LogP contribution in [-0.2, 0) is 14.3 Å². The number of aliphatic hydroxyl groups excluding tert-OH is 2. The van der Waals surface area contributed by atoms with Crippen LogP contribution in [0.5, 0.6) is 0 Å². The van der Waals surface area contributed by atoms with Gasteiger partial charge in [-0.1, -0.05) is 366 Å². The van der Waals surface area contributed by atoms with Crippen LogP contribution in [0.3, 0.4) is 0 Å². The summed E-state index contributed by atoms with van der Waals surface area (Å²) in [6.45, 7) is 4.95. The molecule has 2 atom stereocenters. The molecular weight excluding hydrogens is 935 g/mol. The number of amides is 1. The SMILES string of the molecule is CCCCCCCCCCCCCCCCCCCCCCC/C=C/C(O)C(CO)NC(=O)CCCCCCCCCCCCCCCCCCCCCCCCCCOC(=O)CCCCCCCCCCCCCC. The summed E-state index contributed by atoms with van der Waals surface area (Å²) in [5.74, 6) is -0.0452. The Morgan fingerprint density at radius 2 is 0.605 bits per heavy atom. The van der Waals surface area contributed by atoms with Gasteiger partial charge in [-0.05, 0) is 32.1 Å². The fourth-order valence-corrected chi connectivity index (χ4v) is 11.2. The van der Waals surface area contributed by atoms with E-state index in [-0.39, 0.29) is 18.5 Å². The van der Waals surface area contributed by atoms with Crippen molar-refractivity contribution < 1.29 is 24.5 Å². The first-order valence-corrected chi connectivity index (χ1v) is 35.0. The third-order valence-corrected chi connectivity index (χ3v) is 16.6. The predicted octanol–water partition coefficient (Wildman–Crippen LogP) is 22.4. The highest BCUT2D eigenvalue weighted by Crippen LogP contribution is 2.19. The van der Waals surface area contributed by atoms with Gasteiger partial charge in [0.25, 0.3) is 0 Å². The van der Waals surface area contributed by atoms with E-state index in [2.05, 4.69) is 19.2 Å². The van der Waals surface area contributed by atoms with Gasteiger partial charge in [-0.15, -0.1) is 0 Å². The van der Waals surface area contributed by atoms with Crippen molar-refractivity contribution in [2.75, 3.05) is 13.2 Å². The second kappa shape index (κ2) is 66.1. The molecule has 6 heteroatoms. The number of ether oxygens (including phenoxy) is 1. The zero-order valence-electron chi connectivity index (χ0n) is 51.8. The van der Waals surface area contributed by atoms with Crippen LogP contribution in [0.4, 0.5) is 0 Å². The molecule has 0 aromatic heterocycles. The Labute approximate surface area is 476 Å². The minimum Gasteiger partial charge on any atom is -0.466 e. The van der Waals surface area contributed by atoms with Crippen LogP contribution < -0.4 is 5.32 Å². The van der Waals surface area contributed by atoms with Crippen LogP contribution >= 0.6 is 0 Å². The molecule has 0 saturated carbocycles. The molecule has 2 unspecified atom stereocenters. The number of esters is 1. The molecule has 0 aliphatic rings. The molecule has 0 aromatic carbocycles. The topological polar surface area (TPSA) is 95.9 Å². The van der Waals surface area contributed by atoms with Crippen LogP contribution in [0.25, 0.3) is 0 Å². The van der Waals surface area contributed by atoms with Crippen molar-refractivity contribution in [2.24, 2.45) is 0 Å². The van der Waals surface area contributed by atoms with Crippen LogP contribution in [0.15, 0.2) is 12.2 Å². The molecule has 0 heterocycles. The molecule has 76 heavy (non-hydrogen) atoms. The Balaban J connectivity index is 3.39. The van der Waals surface area contributed by atoms with Crippen molar-refractivity contribution in [1.29, 1.82) is 0 Å². The third-order valence-electron chi connectivity index (χ3n) is 16.6. The lowest BCUT2D eigenvalue weighted by atomic mass is 10.0. The van der Waals surface area contributed by atoms with Gasteiger partial charge in [0.05, 0.1) is 25.4 Å². The van der Waals surface area contributed by atoms with E-state index in [0.717, 1.165) is 38.5 Å². The summed E-state index contributed by atoms with van der Waals surface area (Å²) in [5, 5.41) is 23.3. The van der Waals surface area contributed by atoms with Gasteiger partial charge in [0, 0.05) is 12.8 Å². The summed E-state index contributed by atoms with van der Waals surface area (Å²) >= 11 is 0. The van der Waals surface area contributed by atoms with E-state index in [0.29, 0.717) is 19.4 Å². The molecular formula is C70H137NO5. The number of hydrogen-bond donors (Lipinski definition) is 3. The van der Waals surface area contributed by atoms with Gasteiger partial charge in [0.15, 0.2) is 0 Å². The van der Waals surface area contributed by atoms with E-state index in [1.807, 2.05) is 6.08 Å². The molecule has 0 aromatic rings. The Hall–Kier alpha value is -1.40. The van der Waals surface area contributed by atoms with Gasteiger partial charge < -0.3 is 20.3 Å². The number of hydrogen-bond acceptors (Lipinski definition) is 5. The summed E-state index contributed by atoms with van der Waals surface area (Å²) in [4.78, 5) is 24.6. The summed E-state index contributed by atoms with van der Waals surface area (Å²) < 4.78 is 5.48. The summed E-state index contributed by atoms with van der Waals surface area (Å²) in [5.41, 5.74) is 0. The maximum Gasteiger partial charge on any atom is 0.305 e. The van der Waals surface area contributed by atoms with Crippen molar-refractivity contribution in [1.82, 2.24) is 5.32 Å². The molecule has 0 radical (unpaired) electrons. The lowest BCUT2D eigenvalue weighted by Crippen LogP contribution is -2.45. The zero-order chi connectivity index (χ0) is 55.0. The van der Waals surface area contributed by atoms with Crippen LogP contribution in [-0.4, -0.2) is 47.4 Å². The average molecular weight is 1070 g/mol. The first kappa shape index (κ1) is 74.6. The fraction of sp³-hybridized carbons (Fsp3) is 0.943. The van der Waals surface area contributed by atoms with Crippen LogP contribution in [0.2, 0.25) is 0 Å². The van der Waals surface area contributed by atoms with Crippen molar-refractivity contribution in [2.45, 2.75) is 411 Å². The lowest BCUT2D eigenvalue weighted by molar-refractivity contribution is -0.143. The number of carbonyl (C=O) groups is 2. The summed E-state index contributed by atoms with van der Waals surface area (Å²) in [7, 11) is 0. The molecule has 0 bridgehead atoms. The van der Waals surface area contributed by atoms with Gasteiger partial charge in [0.1, 0.15) is 0 Å². The standard InChI is InChI=1S/C70H137NO5/c1-3-5-7-9-11-13-15-17-18-19-20-21-24-27-30-33-36-39-42-46-50-54-58-62-68(73)67(66-72)71-69(74)63-59-55-51-47-43-40-37-34-31-28-25-22-23-26-29-32-35-38-41-45-49-53-57-61-65-76-70(75)64-60-56-52-48-44-16-14-12-10-8-6-4-2/h58,62,67-68,72-73H,3-57,59-61,63-66H2,1-2H3,(H,71,74)/b62-58+. The quantitative estimate of drug-likeness (QED) is 0.0320. The highest BCUT2D eigenvalue weighted by molar-refractivity contribution is 5.76. The molecule has 452 valence electrons. The highest BCUT2D eigenvalue weighted by Gasteiger charge is 2.18. The summed E-state index contributed by atoms with van der Waals surface area (Å²) in [6, 6.07) is -0.627. The highest BCUT2D eigenvalue weighted by atomic mass is 16.5. The first-order chi connectivity index (χ1) is 37.5. The van der Waals surface area contributed by atoms with Gasteiger partial charge in [-0.25, -0.2) is 0 Å². The Morgan fingerprint density at radius 3 is 0.895 bits per heavy atom. The van der Waals surface area contributed by atoms with Crippen molar-refractivity contribution in [3.63, 3.8) is 0 Å². The van der Waals surface area contributed by atoms with E-state index in [1.165, 1.54) is 334 Å². The van der Waals surface area contributed by atoms with Crippen LogP contribution in [0, 0.1) is 0 Å². The molecule has 0 aliphatic heterocycles. The van der Waals surface area contributed by atoms with Gasteiger partial charge in [0.2, 0.25) is 5.91 Å². The monoisotopic (exact) mass is 1070 g/mol. The molecule has 0 aliphatic carbocycles. The second-order valence-corrected chi connectivity index (χ2v) is 24.2. The smallest absolute Gasteiger partial charge is 0.305 e. The number of allylic oxidation sites excluding steroid dienone is 1. The number of nitrogens with one attached hydrogen (secondary N) is 1. The van der Waals surface area contributed by atoms with Gasteiger partial charge in [-0.3, -0.25) is 9.59 Å². The number of aliphatic hydroxyl groups is 2. The van der Waals surface area contributed by atoms with Crippen LogP contribution in [0.1, 0.15) is 399 Å². The second-order valence-electron chi connectivity index (χ2n) is 24.2. The molecule has 1 amide bonds. The minimum absolute atomic E-state index is 0.0167. The fourth-order valence-electron chi connectivity index (χ4n) is 11.2. The number of carbonyl (C=O) groups excluding carboxylic acids is 2. The molecule has 0 rings (SSSR count). The van der Waals surface area contributed by atoms with E-state index in [4.69, 9.17) is 4.74 Å². The molecule has 0 saturated heterocycles. The van der Waals surface area contributed by atoms with Gasteiger partial charge in [-0.2, -0.15) is 0 Å². The lowest BCUT2D eigenvalue weighted by Gasteiger charge is -2.20.